The third kappa shape index (κ3) is 3.39. The largest absolute Gasteiger partial charge is 0.481 e. The summed E-state index contributed by atoms with van der Waals surface area (Å²) in [4.78, 5) is 12.7. The normalized spacial score (nSPS) is 14.1. The number of benzene rings is 1. The number of hydrogen-bond acceptors (Lipinski definition) is 5. The van der Waals surface area contributed by atoms with Crippen LogP contribution in [0.5, 0.6) is 11.5 Å². The van der Waals surface area contributed by atoms with Gasteiger partial charge in [-0.05, 0) is 17.7 Å². The molecule has 0 spiro atoms. The van der Waals surface area contributed by atoms with Gasteiger partial charge in [0, 0.05) is 13.1 Å². The molecule has 0 fully saturated rings. The average molecular weight is 276 g/mol. The number of nitriles is 1. The zero-order valence-electron chi connectivity index (χ0n) is 11.2. The van der Waals surface area contributed by atoms with E-state index >= 15 is 0 Å². The van der Waals surface area contributed by atoms with Crippen LogP contribution in [0.2, 0.25) is 0 Å². The zero-order chi connectivity index (χ0) is 14.5. The van der Waals surface area contributed by atoms with Gasteiger partial charge in [0.1, 0.15) is 0 Å². The summed E-state index contributed by atoms with van der Waals surface area (Å²) in [7, 11) is 0. The summed E-state index contributed by atoms with van der Waals surface area (Å²) >= 11 is 0. The number of aliphatic carboxylic acids is 1. The summed E-state index contributed by atoms with van der Waals surface area (Å²) < 4.78 is 10.5. The summed E-state index contributed by atoms with van der Waals surface area (Å²) in [5, 5.41) is 17.8. The van der Waals surface area contributed by atoms with Gasteiger partial charge in [-0.15, -0.1) is 0 Å². The minimum atomic E-state index is -0.862. The molecule has 0 bridgehead atoms. The van der Waals surface area contributed by atoms with E-state index in [1.165, 1.54) is 0 Å². The second-order valence-electron chi connectivity index (χ2n) is 4.75. The Morgan fingerprint density at radius 2 is 2.25 bits per heavy atom. The van der Waals surface area contributed by atoms with Crippen LogP contribution in [0.3, 0.4) is 0 Å². The lowest BCUT2D eigenvalue weighted by molar-refractivity contribution is -0.141. The molecule has 0 aromatic heterocycles. The van der Waals surface area contributed by atoms with Gasteiger partial charge in [-0.2, -0.15) is 5.26 Å². The molecule has 2 rings (SSSR count). The van der Waals surface area contributed by atoms with Crippen molar-refractivity contribution in [2.45, 2.75) is 13.5 Å². The van der Waals surface area contributed by atoms with Crippen LogP contribution in [0.25, 0.3) is 0 Å². The van der Waals surface area contributed by atoms with E-state index in [4.69, 9.17) is 19.8 Å². The van der Waals surface area contributed by atoms with Crippen LogP contribution in [0.4, 0.5) is 0 Å². The Kier molecular flexibility index (Phi) is 4.43. The van der Waals surface area contributed by atoms with Gasteiger partial charge in [0.05, 0.1) is 18.5 Å². The molecule has 1 N–H and O–H groups in total. The van der Waals surface area contributed by atoms with Crippen molar-refractivity contribution in [1.29, 1.82) is 5.26 Å². The van der Waals surface area contributed by atoms with Crippen molar-refractivity contribution in [3.05, 3.63) is 23.8 Å². The number of hydrogen-bond donors (Lipinski definition) is 1. The Bertz CT molecular complexity index is 538. The molecule has 0 radical (unpaired) electrons. The molecule has 0 amide bonds. The van der Waals surface area contributed by atoms with Crippen molar-refractivity contribution in [3.8, 4) is 17.6 Å². The van der Waals surface area contributed by atoms with Crippen LogP contribution < -0.4 is 9.47 Å². The summed E-state index contributed by atoms with van der Waals surface area (Å²) in [6.07, 6.45) is 0. The summed E-state index contributed by atoms with van der Waals surface area (Å²) in [6, 6.07) is 7.64. The van der Waals surface area contributed by atoms with E-state index in [-0.39, 0.29) is 13.3 Å². The molecule has 6 heteroatoms. The smallest absolute Gasteiger partial charge is 0.307 e. The summed E-state index contributed by atoms with van der Waals surface area (Å²) in [6.45, 7) is 2.87. The SMILES string of the molecule is CC(CN(CC#N)Cc1ccc2c(c1)OCO2)C(=O)O. The van der Waals surface area contributed by atoms with Crippen molar-refractivity contribution in [2.24, 2.45) is 5.92 Å². The van der Waals surface area contributed by atoms with Gasteiger partial charge >= 0.3 is 5.97 Å². The molecule has 1 aliphatic rings. The molecule has 20 heavy (non-hydrogen) atoms. The quantitative estimate of drug-likeness (QED) is 0.792. The van der Waals surface area contributed by atoms with Crippen molar-refractivity contribution < 1.29 is 19.4 Å². The highest BCUT2D eigenvalue weighted by Crippen LogP contribution is 2.32. The molecular weight excluding hydrogens is 260 g/mol. The first kappa shape index (κ1) is 14.2. The Morgan fingerprint density at radius 3 is 2.95 bits per heavy atom. The van der Waals surface area contributed by atoms with E-state index in [0.29, 0.717) is 24.6 Å². The predicted molar refractivity (Wildman–Crippen MR) is 70.3 cm³/mol. The van der Waals surface area contributed by atoms with Crippen LogP contribution in [-0.4, -0.2) is 35.9 Å². The zero-order valence-corrected chi connectivity index (χ0v) is 11.2. The number of carboxylic acids is 1. The summed E-state index contributed by atoms with van der Waals surface area (Å²) in [5.74, 6) is 0.0150. The molecule has 0 aliphatic carbocycles. The molecule has 0 saturated heterocycles. The third-order valence-corrected chi connectivity index (χ3v) is 3.09. The Balaban J connectivity index is 2.04. The maximum atomic E-state index is 10.9. The second-order valence-corrected chi connectivity index (χ2v) is 4.75. The molecule has 1 aromatic rings. The maximum Gasteiger partial charge on any atom is 0.307 e. The molecule has 1 aliphatic heterocycles. The van der Waals surface area contributed by atoms with Gasteiger partial charge in [0.15, 0.2) is 11.5 Å². The first-order valence-electron chi connectivity index (χ1n) is 6.31. The number of carboxylic acid groups (broad SMARTS) is 1. The maximum absolute atomic E-state index is 10.9. The fourth-order valence-electron chi connectivity index (χ4n) is 2.05. The number of ether oxygens (including phenoxy) is 2. The Hall–Kier alpha value is -2.26. The average Bonchev–Trinajstić information content (AvgIpc) is 2.86. The lowest BCUT2D eigenvalue weighted by Gasteiger charge is -2.21. The van der Waals surface area contributed by atoms with Gasteiger partial charge in [0.2, 0.25) is 6.79 Å². The molecule has 6 nitrogen and oxygen atoms in total. The van der Waals surface area contributed by atoms with Crippen LogP contribution in [-0.2, 0) is 11.3 Å². The number of rotatable bonds is 6. The van der Waals surface area contributed by atoms with E-state index < -0.39 is 11.9 Å². The number of carbonyl (C=O) groups is 1. The van der Waals surface area contributed by atoms with E-state index in [0.717, 1.165) is 5.56 Å². The third-order valence-electron chi connectivity index (χ3n) is 3.09. The van der Waals surface area contributed by atoms with E-state index in [1.54, 1.807) is 11.8 Å². The van der Waals surface area contributed by atoms with Crippen LogP contribution >= 0.6 is 0 Å². The monoisotopic (exact) mass is 276 g/mol. The standard InChI is InChI=1S/C14H16N2O4/c1-10(14(17)18)7-16(5-4-15)8-11-2-3-12-13(6-11)20-9-19-12/h2-3,6,10H,5,7-9H2,1H3,(H,17,18). The van der Waals surface area contributed by atoms with Crippen molar-refractivity contribution in [2.75, 3.05) is 19.9 Å². The second kappa shape index (κ2) is 6.26. The van der Waals surface area contributed by atoms with Crippen LogP contribution in [0.1, 0.15) is 12.5 Å². The fraction of sp³-hybridized carbons (Fsp3) is 0.429. The highest BCUT2D eigenvalue weighted by Gasteiger charge is 2.18. The van der Waals surface area contributed by atoms with Gasteiger partial charge in [-0.1, -0.05) is 13.0 Å². The van der Waals surface area contributed by atoms with Crippen LogP contribution in [0, 0.1) is 17.2 Å². The highest BCUT2D eigenvalue weighted by atomic mass is 16.7. The van der Waals surface area contributed by atoms with E-state index in [1.807, 2.05) is 18.2 Å². The molecule has 106 valence electrons. The van der Waals surface area contributed by atoms with Crippen molar-refractivity contribution in [3.63, 3.8) is 0 Å². The topological polar surface area (TPSA) is 82.8 Å². The van der Waals surface area contributed by atoms with Gasteiger partial charge < -0.3 is 14.6 Å². The van der Waals surface area contributed by atoms with Gasteiger partial charge in [-0.3, -0.25) is 9.69 Å². The van der Waals surface area contributed by atoms with Crippen LogP contribution in [0.15, 0.2) is 18.2 Å². The number of nitrogens with zero attached hydrogens (tertiary/aromatic N) is 2. The van der Waals surface area contributed by atoms with Gasteiger partial charge in [-0.25, -0.2) is 0 Å². The fourth-order valence-corrected chi connectivity index (χ4v) is 2.05. The molecule has 1 heterocycles. The minimum absolute atomic E-state index is 0.187. The number of fused-ring (bicyclic) bond motifs is 1. The van der Waals surface area contributed by atoms with Gasteiger partial charge in [0.25, 0.3) is 0 Å². The van der Waals surface area contributed by atoms with Crippen molar-refractivity contribution >= 4 is 5.97 Å². The first-order valence-corrected chi connectivity index (χ1v) is 6.31. The van der Waals surface area contributed by atoms with E-state index in [2.05, 4.69) is 6.07 Å². The Morgan fingerprint density at radius 1 is 1.50 bits per heavy atom. The highest BCUT2D eigenvalue weighted by molar-refractivity contribution is 5.69. The summed E-state index contributed by atoms with van der Waals surface area (Å²) in [5.41, 5.74) is 0.960. The predicted octanol–water partition coefficient (Wildman–Crippen LogP) is 1.46. The molecule has 1 aromatic carbocycles. The Labute approximate surface area is 117 Å². The molecule has 0 saturated carbocycles. The van der Waals surface area contributed by atoms with Crippen molar-refractivity contribution in [1.82, 2.24) is 4.90 Å². The lowest BCUT2D eigenvalue weighted by atomic mass is 10.1. The molecular formula is C14H16N2O4. The first-order chi connectivity index (χ1) is 9.60. The lowest BCUT2D eigenvalue weighted by Crippen LogP contribution is -2.31. The van der Waals surface area contributed by atoms with E-state index in [9.17, 15) is 4.79 Å². The molecule has 1 atom stereocenters. The molecule has 1 unspecified atom stereocenters. The minimum Gasteiger partial charge on any atom is -0.481 e.